The number of likely N-dealkylation sites (N-methyl/N-ethyl adjacent to an activating group) is 1. The number of hydrogen-bond acceptors (Lipinski definition) is 18. The van der Waals surface area contributed by atoms with Crippen LogP contribution in [-0.2, 0) is 68.4 Å². The van der Waals surface area contributed by atoms with E-state index in [9.17, 15) is 39.2 Å². The Hall–Kier alpha value is -3.12. The van der Waals surface area contributed by atoms with E-state index in [0.717, 1.165) is 11.8 Å². The lowest BCUT2D eigenvalue weighted by Gasteiger charge is -2.50. The summed E-state index contributed by atoms with van der Waals surface area (Å²) in [4.78, 5) is 41.8. The van der Waals surface area contributed by atoms with Crippen LogP contribution in [0.5, 0.6) is 0 Å². The zero-order chi connectivity index (χ0) is 53.2. The van der Waals surface area contributed by atoms with Gasteiger partial charge in [-0.1, -0.05) is 50.6 Å². The number of carbonyl (C=O) groups is 3. The summed E-state index contributed by atoms with van der Waals surface area (Å²) in [7, 11) is 6.45. The van der Waals surface area contributed by atoms with Crippen molar-refractivity contribution in [1.82, 2.24) is 4.90 Å². The van der Waals surface area contributed by atoms with Gasteiger partial charge in [-0.2, -0.15) is 0 Å². The molecule has 4 N–H and O–H groups in total. The van der Waals surface area contributed by atoms with Gasteiger partial charge in [0.1, 0.15) is 54.8 Å². The van der Waals surface area contributed by atoms with E-state index in [4.69, 9.17) is 47.4 Å². The first-order valence-corrected chi connectivity index (χ1v) is 25.3. The van der Waals surface area contributed by atoms with Gasteiger partial charge in [0.25, 0.3) is 0 Å². The van der Waals surface area contributed by atoms with Gasteiger partial charge in [0, 0.05) is 44.8 Å². The van der Waals surface area contributed by atoms with Crippen LogP contribution in [0.25, 0.3) is 0 Å². The Morgan fingerprint density at radius 3 is 2.12 bits per heavy atom. The molecule has 1 aromatic rings. The van der Waals surface area contributed by atoms with Crippen LogP contribution in [-0.4, -0.2) is 182 Å². The number of aldehydes is 1. The molecule has 0 radical (unpaired) electrons. The summed E-state index contributed by atoms with van der Waals surface area (Å²) < 4.78 is 75.1. The van der Waals surface area contributed by atoms with Crippen molar-refractivity contribution in [2.24, 2.45) is 23.7 Å². The Morgan fingerprint density at radius 2 is 1.51 bits per heavy atom. The van der Waals surface area contributed by atoms with E-state index in [1.54, 1.807) is 78.7 Å². The van der Waals surface area contributed by atoms with Crippen molar-refractivity contribution in [3.05, 3.63) is 59.4 Å². The maximum atomic E-state index is 13.9. The number of hydrogen-bond donors (Lipinski definition) is 4. The zero-order valence-corrected chi connectivity index (χ0v) is 44.0. The predicted molar refractivity (Wildman–Crippen MR) is 259 cm³/mol. The van der Waals surface area contributed by atoms with E-state index >= 15 is 0 Å². The number of cyclic esters (lactones) is 1. The Bertz CT molecular complexity index is 1940. The highest BCUT2D eigenvalue weighted by molar-refractivity contribution is 5.91. The number of aliphatic hydroxyl groups excluding tert-OH is 3. The van der Waals surface area contributed by atoms with Crippen LogP contribution in [0.2, 0.25) is 0 Å². The Kier molecular flexibility index (Phi) is 22.5. The minimum atomic E-state index is -1.41. The smallest absolute Gasteiger partial charge is 0.308 e. The first-order chi connectivity index (χ1) is 34.0. The van der Waals surface area contributed by atoms with Gasteiger partial charge in [-0.05, 0) is 91.2 Å². The normalized spacial score (nSPS) is 40.9. The van der Waals surface area contributed by atoms with Crippen LogP contribution in [0, 0.1) is 29.5 Å². The number of aliphatic hydroxyl groups is 4. The topological polar surface area (TPSA) is 228 Å². The van der Waals surface area contributed by atoms with Crippen molar-refractivity contribution >= 4 is 18.0 Å². The third-order valence-corrected chi connectivity index (χ3v) is 14.7. The fraction of sp³-hybridized carbons (Fsp3) is 0.755. The van der Waals surface area contributed by atoms with Gasteiger partial charge >= 0.3 is 5.97 Å². The van der Waals surface area contributed by atoms with Gasteiger partial charge in [0.15, 0.2) is 24.7 Å². The second-order valence-electron chi connectivity index (χ2n) is 20.7. The summed E-state index contributed by atoms with van der Waals surface area (Å²) in [5.41, 5.74) is -0.00220. The largest absolute Gasteiger partial charge is 0.462 e. The van der Waals surface area contributed by atoms with Gasteiger partial charge < -0.3 is 77.5 Å². The molecule has 21 atom stereocenters. The van der Waals surface area contributed by atoms with Crippen LogP contribution in [0.3, 0.4) is 0 Å². The molecule has 0 bridgehead atoms. The molecule has 0 saturated carbocycles. The molecule has 3 saturated heterocycles. The lowest BCUT2D eigenvalue weighted by Crippen LogP contribution is -2.65. The zero-order valence-electron chi connectivity index (χ0n) is 44.0. The average molecular weight is 1020 g/mol. The lowest BCUT2D eigenvalue weighted by molar-refractivity contribution is -0.344. The first kappa shape index (κ1) is 59.8. The summed E-state index contributed by atoms with van der Waals surface area (Å²) >= 11 is 0. The summed E-state index contributed by atoms with van der Waals surface area (Å²) in [6, 6.07) is 5.12. The standard InChI is InChI=1S/C53H82FNO17/c1-13-40-36(27-66-52-49(64-12)48(63-11)44(60)31(5)68-52)22-28(2)14-19-38(57)29(3)23-35(20-21-56)46(30(4)39(58)24-41(59)70-40)72-51-45(61)43(55(9)10)47(32(6)69-51)71-42-25-53(8,62)50(33(7)67-42)65-26-34-15-17-37(54)18-16-34/h14-19,21-22,29-33,35-36,39-40,42-52,58,60-62H,13,20,23-27H2,1-12H3/t29-,30+,31-,32-,33+,35?,36-,39-,40-,42+,43-,44-,45-,46-,47-,48-,49-,50+,51+,52-,53-/m1/s1. The van der Waals surface area contributed by atoms with Gasteiger partial charge in [0.2, 0.25) is 0 Å². The molecule has 19 heteroatoms. The SMILES string of the molecule is CC[C@H]1OC(=O)C[C@@H](O)[C@H](C)[C@@H](O[C@@H]2O[C@H](C)[C@@H](O[C@H]3C[C@@](C)(O)[C@@H](OCc4ccc(F)cc4)[C@H](C)O3)[C@H](N(C)C)[C@H]2O)C(CC=O)C[C@@H](C)C(=O)C=CC(C)=C[C@@H]1CO[C@@H]1O[C@H](C)[C@@H](O)[C@@H](OC)[C@H]1OC. The molecule has 0 amide bonds. The molecule has 4 heterocycles. The van der Waals surface area contributed by atoms with Gasteiger partial charge in [-0.25, -0.2) is 4.39 Å². The van der Waals surface area contributed by atoms with E-state index in [-0.39, 0.29) is 44.1 Å². The maximum Gasteiger partial charge on any atom is 0.308 e. The van der Waals surface area contributed by atoms with Gasteiger partial charge in [-0.3, -0.25) is 9.59 Å². The second kappa shape index (κ2) is 27.1. The monoisotopic (exact) mass is 1020 g/mol. The minimum Gasteiger partial charge on any atom is -0.462 e. The van der Waals surface area contributed by atoms with Crippen molar-refractivity contribution < 1.29 is 86.6 Å². The van der Waals surface area contributed by atoms with Crippen molar-refractivity contribution in [2.45, 2.75) is 198 Å². The number of nitrogens with zero attached hydrogens (tertiary/aromatic N) is 1. The van der Waals surface area contributed by atoms with Crippen LogP contribution < -0.4 is 0 Å². The lowest BCUT2D eigenvalue weighted by atomic mass is 9.79. The molecule has 3 fully saturated rings. The fourth-order valence-corrected chi connectivity index (χ4v) is 10.6. The highest BCUT2D eigenvalue weighted by Gasteiger charge is 2.52. The molecule has 72 heavy (non-hydrogen) atoms. The van der Waals surface area contributed by atoms with Crippen molar-refractivity contribution in [3.63, 3.8) is 0 Å². The van der Waals surface area contributed by atoms with E-state index in [1.807, 2.05) is 19.9 Å². The molecule has 1 unspecified atom stereocenters. The number of halogens is 1. The molecular formula is C53H82FNO17. The van der Waals surface area contributed by atoms with Crippen molar-refractivity contribution in [2.75, 3.05) is 34.9 Å². The number of allylic oxidation sites excluding steroid dienone is 3. The van der Waals surface area contributed by atoms with E-state index in [1.165, 1.54) is 32.4 Å². The number of benzene rings is 1. The first-order valence-electron chi connectivity index (χ1n) is 25.3. The summed E-state index contributed by atoms with van der Waals surface area (Å²) in [6.45, 7) is 14.0. The summed E-state index contributed by atoms with van der Waals surface area (Å²) in [5.74, 6) is -4.03. The number of ketones is 1. The van der Waals surface area contributed by atoms with Crippen molar-refractivity contribution in [1.29, 1.82) is 0 Å². The highest BCUT2D eigenvalue weighted by atomic mass is 19.1. The molecule has 0 spiro atoms. The highest BCUT2D eigenvalue weighted by Crippen LogP contribution is 2.38. The predicted octanol–water partition coefficient (Wildman–Crippen LogP) is 4.20. The van der Waals surface area contributed by atoms with E-state index < -0.39 is 140 Å². The van der Waals surface area contributed by atoms with Crippen LogP contribution >= 0.6 is 0 Å². The molecule has 18 nitrogen and oxygen atoms in total. The molecule has 0 aliphatic carbocycles. The third kappa shape index (κ3) is 15.3. The molecule has 1 aromatic carbocycles. The van der Waals surface area contributed by atoms with E-state index in [2.05, 4.69) is 0 Å². The molecule has 5 rings (SSSR count). The van der Waals surface area contributed by atoms with Crippen LogP contribution in [0.15, 0.2) is 48.1 Å². The summed E-state index contributed by atoms with van der Waals surface area (Å²) in [6.07, 6.45) is -8.17. The Labute approximate surface area is 424 Å². The van der Waals surface area contributed by atoms with Gasteiger partial charge in [-0.15, -0.1) is 0 Å². The number of rotatable bonds is 16. The molecule has 4 aliphatic heterocycles. The number of methoxy groups -OCH3 is 2. The van der Waals surface area contributed by atoms with E-state index in [0.29, 0.717) is 12.0 Å². The van der Waals surface area contributed by atoms with Crippen LogP contribution in [0.1, 0.15) is 93.1 Å². The number of ether oxygens (including phenoxy) is 10. The second-order valence-corrected chi connectivity index (χ2v) is 20.7. The van der Waals surface area contributed by atoms with Gasteiger partial charge in [0.05, 0.1) is 61.8 Å². The summed E-state index contributed by atoms with van der Waals surface area (Å²) in [5, 5.41) is 46.4. The quantitative estimate of drug-likeness (QED) is 0.134. The number of esters is 1. The average Bonchev–Trinajstić information content (AvgIpc) is 3.31. The molecule has 0 aromatic heterocycles. The van der Waals surface area contributed by atoms with Crippen LogP contribution in [0.4, 0.5) is 4.39 Å². The maximum absolute atomic E-state index is 13.9. The Morgan fingerprint density at radius 1 is 0.847 bits per heavy atom. The molecular weight excluding hydrogens is 942 g/mol. The Balaban J connectivity index is 1.35. The minimum absolute atomic E-state index is 0.0120. The fourth-order valence-electron chi connectivity index (χ4n) is 10.6. The molecule has 4 aliphatic rings. The third-order valence-electron chi connectivity index (χ3n) is 14.7. The molecule has 408 valence electrons. The number of carbonyl (C=O) groups excluding carboxylic acids is 3. The van der Waals surface area contributed by atoms with Crippen molar-refractivity contribution in [3.8, 4) is 0 Å².